The van der Waals surface area contributed by atoms with Gasteiger partial charge in [-0.2, -0.15) is 0 Å². The summed E-state index contributed by atoms with van der Waals surface area (Å²) < 4.78 is 14.6. The lowest BCUT2D eigenvalue weighted by molar-refractivity contribution is 0.628. The molecule has 2 heterocycles. The quantitative estimate of drug-likeness (QED) is 0.734. The van der Waals surface area contributed by atoms with Crippen LogP contribution in [0.4, 0.5) is 10.1 Å². The van der Waals surface area contributed by atoms with Crippen molar-refractivity contribution in [1.82, 2.24) is 14.6 Å². The molecule has 0 aliphatic carbocycles. The van der Waals surface area contributed by atoms with Crippen molar-refractivity contribution < 1.29 is 4.39 Å². The number of aromatic nitrogens is 3. The van der Waals surface area contributed by atoms with Gasteiger partial charge in [0.05, 0.1) is 10.7 Å². The summed E-state index contributed by atoms with van der Waals surface area (Å²) in [4.78, 5) is 0. The van der Waals surface area contributed by atoms with Gasteiger partial charge >= 0.3 is 0 Å². The second-order valence-corrected chi connectivity index (χ2v) is 4.21. The van der Waals surface area contributed by atoms with Crippen LogP contribution in [0.3, 0.4) is 0 Å². The van der Waals surface area contributed by atoms with E-state index < -0.39 is 0 Å². The lowest BCUT2D eigenvalue weighted by Crippen LogP contribution is -1.94. The van der Waals surface area contributed by atoms with Gasteiger partial charge in [0.25, 0.3) is 0 Å². The van der Waals surface area contributed by atoms with Gasteiger partial charge in [-0.15, -0.1) is 10.2 Å². The van der Waals surface area contributed by atoms with Crippen LogP contribution >= 0.6 is 11.6 Å². The Morgan fingerprint density at radius 3 is 2.56 bits per heavy atom. The van der Waals surface area contributed by atoms with Crippen molar-refractivity contribution in [1.29, 1.82) is 0 Å². The summed E-state index contributed by atoms with van der Waals surface area (Å²) in [5.41, 5.74) is 7.44. The molecule has 1 aromatic carbocycles. The molecule has 3 rings (SSSR count). The third kappa shape index (κ3) is 1.60. The van der Waals surface area contributed by atoms with E-state index in [0.29, 0.717) is 22.2 Å². The maximum Gasteiger partial charge on any atom is 0.185 e. The Morgan fingerprint density at radius 1 is 1.11 bits per heavy atom. The average molecular weight is 263 g/mol. The van der Waals surface area contributed by atoms with Crippen LogP contribution in [0, 0.1) is 5.82 Å². The van der Waals surface area contributed by atoms with Gasteiger partial charge in [-0.1, -0.05) is 11.6 Å². The zero-order valence-electron chi connectivity index (χ0n) is 9.14. The number of benzene rings is 1. The van der Waals surface area contributed by atoms with Crippen molar-refractivity contribution in [2.75, 3.05) is 5.73 Å². The molecule has 0 amide bonds. The molecule has 0 aliphatic heterocycles. The van der Waals surface area contributed by atoms with Gasteiger partial charge in [0.1, 0.15) is 5.82 Å². The first-order chi connectivity index (χ1) is 8.66. The molecule has 6 heteroatoms. The van der Waals surface area contributed by atoms with Crippen LogP contribution < -0.4 is 5.73 Å². The molecule has 0 saturated carbocycles. The number of nitrogen functional groups attached to an aromatic ring is 1. The summed E-state index contributed by atoms with van der Waals surface area (Å²) in [5.74, 6) is 0.295. The molecule has 3 aromatic rings. The van der Waals surface area contributed by atoms with Gasteiger partial charge in [0, 0.05) is 11.8 Å². The first-order valence-corrected chi connectivity index (χ1v) is 5.59. The summed E-state index contributed by atoms with van der Waals surface area (Å²) >= 11 is 5.91. The van der Waals surface area contributed by atoms with Crippen molar-refractivity contribution >= 4 is 22.9 Å². The Balaban J connectivity index is 2.25. The van der Waals surface area contributed by atoms with Crippen molar-refractivity contribution in [3.8, 4) is 11.4 Å². The molecule has 2 N–H and O–H groups in total. The van der Waals surface area contributed by atoms with E-state index in [9.17, 15) is 4.39 Å². The van der Waals surface area contributed by atoms with Crippen molar-refractivity contribution in [3.63, 3.8) is 0 Å². The molecular formula is C12H8ClFN4. The molecule has 0 saturated heterocycles. The Kier molecular flexibility index (Phi) is 2.41. The van der Waals surface area contributed by atoms with E-state index in [1.54, 1.807) is 28.8 Å². The van der Waals surface area contributed by atoms with Crippen LogP contribution in [0.15, 0.2) is 36.5 Å². The fourth-order valence-electron chi connectivity index (χ4n) is 1.75. The van der Waals surface area contributed by atoms with Crippen LogP contribution in [-0.2, 0) is 0 Å². The number of halogens is 2. The highest BCUT2D eigenvalue weighted by Gasteiger charge is 2.11. The maximum atomic E-state index is 12.9. The molecule has 0 radical (unpaired) electrons. The summed E-state index contributed by atoms with van der Waals surface area (Å²) in [6.45, 7) is 0. The molecule has 0 aliphatic rings. The fourth-order valence-corrected chi connectivity index (χ4v) is 1.89. The fraction of sp³-hybridized carbons (Fsp3) is 0. The average Bonchev–Trinajstić information content (AvgIpc) is 2.79. The monoisotopic (exact) mass is 262 g/mol. The molecule has 4 nitrogen and oxygen atoms in total. The van der Waals surface area contributed by atoms with E-state index in [1.807, 2.05) is 0 Å². The third-order valence-corrected chi connectivity index (χ3v) is 3.00. The Hall–Kier alpha value is -2.14. The largest absolute Gasteiger partial charge is 0.394 e. The number of anilines is 1. The summed E-state index contributed by atoms with van der Waals surface area (Å²) in [6, 6.07) is 7.68. The first-order valence-electron chi connectivity index (χ1n) is 5.21. The predicted molar refractivity (Wildman–Crippen MR) is 67.8 cm³/mol. The normalized spacial score (nSPS) is 11.0. The number of hydrogen-bond donors (Lipinski definition) is 1. The lowest BCUT2D eigenvalue weighted by Gasteiger charge is -2.02. The molecule has 0 fully saturated rings. The number of pyridine rings is 1. The summed E-state index contributed by atoms with van der Waals surface area (Å²) in [7, 11) is 0. The Labute approximate surface area is 107 Å². The van der Waals surface area contributed by atoms with E-state index in [4.69, 9.17) is 17.3 Å². The molecule has 0 unspecified atom stereocenters. The zero-order chi connectivity index (χ0) is 12.7. The van der Waals surface area contributed by atoms with E-state index in [2.05, 4.69) is 10.2 Å². The molecule has 90 valence electrons. The number of nitrogens with two attached hydrogens (primary N) is 1. The Morgan fingerprint density at radius 2 is 1.83 bits per heavy atom. The van der Waals surface area contributed by atoms with Gasteiger partial charge in [0.2, 0.25) is 0 Å². The topological polar surface area (TPSA) is 56.2 Å². The van der Waals surface area contributed by atoms with Gasteiger partial charge in [0.15, 0.2) is 11.5 Å². The predicted octanol–water partition coefficient (Wildman–Crippen LogP) is 2.77. The first kappa shape index (κ1) is 11.0. The van der Waals surface area contributed by atoms with Crippen molar-refractivity contribution in [2.45, 2.75) is 0 Å². The highest BCUT2D eigenvalue weighted by atomic mass is 35.5. The van der Waals surface area contributed by atoms with Crippen LogP contribution in [0.5, 0.6) is 0 Å². The molecule has 0 spiro atoms. The van der Waals surface area contributed by atoms with Crippen LogP contribution in [0.1, 0.15) is 0 Å². The maximum absolute atomic E-state index is 12.9. The zero-order valence-corrected chi connectivity index (χ0v) is 9.89. The SMILES string of the molecule is Nc1c(Cl)ccn2c(-c3ccc(F)cc3)nnc12. The second kappa shape index (κ2) is 3.96. The molecule has 0 bridgehead atoms. The van der Waals surface area contributed by atoms with Gasteiger partial charge < -0.3 is 5.73 Å². The smallest absolute Gasteiger partial charge is 0.185 e. The van der Waals surface area contributed by atoms with Crippen LogP contribution in [0.2, 0.25) is 5.02 Å². The van der Waals surface area contributed by atoms with E-state index in [1.165, 1.54) is 12.1 Å². The van der Waals surface area contributed by atoms with Gasteiger partial charge in [-0.05, 0) is 30.3 Å². The number of nitrogens with zero attached hydrogens (tertiary/aromatic N) is 3. The highest BCUT2D eigenvalue weighted by Crippen LogP contribution is 2.26. The second-order valence-electron chi connectivity index (χ2n) is 3.80. The minimum absolute atomic E-state index is 0.296. The summed E-state index contributed by atoms with van der Waals surface area (Å²) in [6.07, 6.45) is 1.73. The molecule has 18 heavy (non-hydrogen) atoms. The highest BCUT2D eigenvalue weighted by molar-refractivity contribution is 6.33. The molecular weight excluding hydrogens is 255 g/mol. The third-order valence-electron chi connectivity index (χ3n) is 2.67. The lowest BCUT2D eigenvalue weighted by atomic mass is 10.2. The van der Waals surface area contributed by atoms with Gasteiger partial charge in [-0.25, -0.2) is 4.39 Å². The number of fused-ring (bicyclic) bond motifs is 1. The molecule has 2 aromatic heterocycles. The van der Waals surface area contributed by atoms with Crippen LogP contribution in [-0.4, -0.2) is 14.6 Å². The minimum atomic E-state index is -0.296. The van der Waals surface area contributed by atoms with E-state index in [0.717, 1.165) is 5.56 Å². The Bertz CT molecular complexity index is 721. The van der Waals surface area contributed by atoms with E-state index >= 15 is 0 Å². The minimum Gasteiger partial charge on any atom is -0.394 e. The molecule has 0 atom stereocenters. The van der Waals surface area contributed by atoms with E-state index in [-0.39, 0.29) is 5.82 Å². The summed E-state index contributed by atoms with van der Waals surface area (Å²) in [5, 5.41) is 8.47. The van der Waals surface area contributed by atoms with Crippen LogP contribution in [0.25, 0.3) is 17.0 Å². The number of hydrogen-bond acceptors (Lipinski definition) is 3. The number of rotatable bonds is 1. The van der Waals surface area contributed by atoms with Crippen molar-refractivity contribution in [3.05, 3.63) is 47.4 Å². The standard InChI is InChI=1S/C12H8ClFN4/c13-9-5-6-18-11(16-17-12(18)10(9)15)7-1-3-8(14)4-2-7/h1-6H,15H2. The van der Waals surface area contributed by atoms with Crippen molar-refractivity contribution in [2.24, 2.45) is 0 Å². The van der Waals surface area contributed by atoms with Gasteiger partial charge in [-0.3, -0.25) is 4.40 Å².